The van der Waals surface area contributed by atoms with Gasteiger partial charge in [-0.2, -0.15) is 0 Å². The average molecular weight is 494 g/mol. The van der Waals surface area contributed by atoms with Crippen LogP contribution in [0.25, 0.3) is 34.0 Å². The van der Waals surface area contributed by atoms with Crippen molar-refractivity contribution in [3.8, 4) is 34.0 Å². The predicted octanol–water partition coefficient (Wildman–Crippen LogP) is 2.48. The molecule has 0 aliphatic heterocycles. The zero-order chi connectivity index (χ0) is 25.4. The van der Waals surface area contributed by atoms with Gasteiger partial charge in [0.2, 0.25) is 0 Å². The third kappa shape index (κ3) is 4.80. The van der Waals surface area contributed by atoms with Crippen LogP contribution in [0.5, 0.6) is 0 Å². The van der Waals surface area contributed by atoms with E-state index < -0.39 is 20.9 Å². The lowest BCUT2D eigenvalue weighted by Crippen LogP contribution is -2.56. The van der Waals surface area contributed by atoms with E-state index in [0.29, 0.717) is 34.0 Å². The van der Waals surface area contributed by atoms with E-state index in [-0.39, 0.29) is 10.7 Å². The Labute approximate surface area is 203 Å². The molecule has 0 aliphatic carbocycles. The smallest absolute Gasteiger partial charge is 0.189 e. The number of anilines is 1. The molecule has 11 heteroatoms. The summed E-state index contributed by atoms with van der Waals surface area (Å²) in [5.74, 6) is -0.622. The van der Waals surface area contributed by atoms with Crippen molar-refractivity contribution in [3.05, 3.63) is 66.4 Å². The van der Waals surface area contributed by atoms with E-state index in [1.807, 2.05) is 12.1 Å². The van der Waals surface area contributed by atoms with Gasteiger partial charge in [0.1, 0.15) is 11.5 Å². The summed E-state index contributed by atoms with van der Waals surface area (Å²) in [6.07, 6.45) is 1.52. The number of nitrogens with two attached hydrogens (primary N) is 3. The summed E-state index contributed by atoms with van der Waals surface area (Å²) in [6.45, 7) is 3.29. The first-order valence-electron chi connectivity index (χ1n) is 10.8. The highest BCUT2D eigenvalue weighted by molar-refractivity contribution is 7.92. The second kappa shape index (κ2) is 9.19. The molecule has 2 aromatic carbocycles. The molecule has 0 amide bonds. The molecular formula is C24H27N7O3S. The highest BCUT2D eigenvalue weighted by atomic mass is 32.2. The van der Waals surface area contributed by atoms with Crippen LogP contribution in [0, 0.1) is 0 Å². The minimum absolute atomic E-state index is 0.177. The van der Waals surface area contributed by atoms with Crippen LogP contribution in [0.4, 0.5) is 5.82 Å². The largest absolute Gasteiger partial charge is 0.382 e. The molecule has 10 nitrogen and oxygen atoms in total. The van der Waals surface area contributed by atoms with Crippen LogP contribution in [0.15, 0.2) is 70.2 Å². The van der Waals surface area contributed by atoms with Crippen LogP contribution >= 0.6 is 0 Å². The summed E-state index contributed by atoms with van der Waals surface area (Å²) in [6, 6.07) is 15.5. The minimum Gasteiger partial charge on any atom is -0.382 e. The van der Waals surface area contributed by atoms with Gasteiger partial charge in [0.15, 0.2) is 27.1 Å². The van der Waals surface area contributed by atoms with Crippen molar-refractivity contribution in [3.63, 3.8) is 0 Å². The highest BCUT2D eigenvalue weighted by Gasteiger charge is 2.21. The molecule has 0 saturated heterocycles. The van der Waals surface area contributed by atoms with E-state index in [9.17, 15) is 8.42 Å². The molecule has 7 N–H and O–H groups in total. The van der Waals surface area contributed by atoms with Crippen LogP contribution in [-0.2, 0) is 15.6 Å². The van der Waals surface area contributed by atoms with Gasteiger partial charge in [0, 0.05) is 22.8 Å². The maximum absolute atomic E-state index is 12.4. The summed E-state index contributed by atoms with van der Waals surface area (Å²) in [4.78, 5) is 9.08. The molecule has 2 aromatic heterocycles. The number of hydrogen-bond acceptors (Lipinski definition) is 10. The summed E-state index contributed by atoms with van der Waals surface area (Å²) in [7, 11) is -1.69. The topological polar surface area (TPSA) is 176 Å². The monoisotopic (exact) mass is 493 g/mol. The van der Waals surface area contributed by atoms with Gasteiger partial charge >= 0.3 is 0 Å². The fourth-order valence-electron chi connectivity index (χ4n) is 3.39. The van der Waals surface area contributed by atoms with Crippen molar-refractivity contribution in [1.29, 1.82) is 0 Å². The summed E-state index contributed by atoms with van der Waals surface area (Å²) in [5.41, 5.74) is 21.7. The second-order valence-corrected chi connectivity index (χ2v) is 10.9. The Morgan fingerprint density at radius 2 is 1.57 bits per heavy atom. The minimum atomic E-state index is -3.37. The van der Waals surface area contributed by atoms with Crippen LogP contribution in [0.1, 0.15) is 19.4 Å². The molecule has 182 valence electrons. The Balaban J connectivity index is 1.63. The van der Waals surface area contributed by atoms with Gasteiger partial charge in [-0.1, -0.05) is 41.6 Å². The van der Waals surface area contributed by atoms with Crippen molar-refractivity contribution in [2.45, 2.75) is 29.8 Å². The van der Waals surface area contributed by atoms with Crippen molar-refractivity contribution >= 4 is 15.7 Å². The molecule has 0 atom stereocenters. The molecule has 0 spiro atoms. The van der Waals surface area contributed by atoms with Gasteiger partial charge in [-0.05, 0) is 33.0 Å². The molecule has 0 fully saturated rings. The first-order valence-corrected chi connectivity index (χ1v) is 12.4. The Bertz CT molecular complexity index is 1450. The number of nitrogens with zero attached hydrogens (tertiary/aromatic N) is 3. The summed E-state index contributed by atoms with van der Waals surface area (Å²) in [5, 5.41) is 6.47. The first-order chi connectivity index (χ1) is 16.5. The van der Waals surface area contributed by atoms with Crippen LogP contribution in [0.3, 0.4) is 0 Å². The molecule has 35 heavy (non-hydrogen) atoms. The van der Waals surface area contributed by atoms with Crippen molar-refractivity contribution in [2.75, 3.05) is 12.8 Å². The summed E-state index contributed by atoms with van der Waals surface area (Å²) < 4.78 is 30.3. The molecule has 0 unspecified atom stereocenters. The van der Waals surface area contributed by atoms with E-state index in [4.69, 9.17) is 21.7 Å². The number of hydrogen-bond donors (Lipinski definition) is 4. The van der Waals surface area contributed by atoms with Crippen molar-refractivity contribution < 1.29 is 12.9 Å². The normalized spacial score (nSPS) is 12.3. The number of nitrogen functional groups attached to an aromatic ring is 1. The van der Waals surface area contributed by atoms with Crippen LogP contribution in [-0.4, -0.2) is 35.8 Å². The lowest BCUT2D eigenvalue weighted by molar-refractivity contribution is 0.392. The molecule has 0 saturated carbocycles. The maximum Gasteiger partial charge on any atom is 0.189 e. The highest BCUT2D eigenvalue weighted by Crippen LogP contribution is 2.30. The van der Waals surface area contributed by atoms with Gasteiger partial charge in [0.25, 0.3) is 0 Å². The van der Waals surface area contributed by atoms with E-state index in [2.05, 4.69) is 20.4 Å². The van der Waals surface area contributed by atoms with E-state index in [1.165, 1.54) is 6.20 Å². The van der Waals surface area contributed by atoms with Gasteiger partial charge in [-0.25, -0.2) is 18.4 Å². The van der Waals surface area contributed by atoms with Crippen molar-refractivity contribution in [1.82, 2.24) is 20.4 Å². The van der Waals surface area contributed by atoms with Gasteiger partial charge in [-0.3, -0.25) is 16.8 Å². The standard InChI is InChI=1S/C24H27N7O3S/c1-14(2)35(32,33)18-10-6-16(7-11-18)20-13-29-23(25)22(30-20)21-12-19(31-34-21)15-4-8-17(9-5-15)24(26,27)28-3/h4-14,28H,26-27H2,1-3H3,(H2,25,29). The van der Waals surface area contributed by atoms with Crippen molar-refractivity contribution in [2.24, 2.45) is 11.5 Å². The van der Waals surface area contributed by atoms with Gasteiger partial charge < -0.3 is 10.3 Å². The Kier molecular flexibility index (Phi) is 6.43. The van der Waals surface area contributed by atoms with E-state index in [0.717, 1.165) is 5.56 Å². The second-order valence-electron chi connectivity index (χ2n) is 8.38. The van der Waals surface area contributed by atoms with Gasteiger partial charge in [-0.15, -0.1) is 0 Å². The fourth-order valence-corrected chi connectivity index (χ4v) is 4.45. The Hall–Kier alpha value is -3.64. The fraction of sp³-hybridized carbons (Fsp3) is 0.208. The molecule has 0 aliphatic rings. The number of nitrogens with one attached hydrogen (secondary N) is 1. The molecule has 4 rings (SSSR count). The van der Waals surface area contributed by atoms with E-state index in [1.54, 1.807) is 63.4 Å². The zero-order valence-corrected chi connectivity index (χ0v) is 20.4. The predicted molar refractivity (Wildman–Crippen MR) is 134 cm³/mol. The van der Waals surface area contributed by atoms with Gasteiger partial charge in [0.05, 0.1) is 22.0 Å². The number of benzene rings is 2. The number of sulfone groups is 1. The number of aromatic nitrogens is 3. The third-order valence-electron chi connectivity index (χ3n) is 5.72. The molecule has 0 bridgehead atoms. The maximum atomic E-state index is 12.4. The van der Waals surface area contributed by atoms with Crippen LogP contribution in [0.2, 0.25) is 0 Å². The quantitative estimate of drug-likeness (QED) is 0.280. The molecule has 2 heterocycles. The lowest BCUT2D eigenvalue weighted by atomic mass is 10.0. The SMILES string of the molecule is CNC(N)(N)c1ccc(-c2cc(-c3nc(-c4ccc(S(=O)(=O)C(C)C)cc4)cnc3N)on2)cc1. The third-order valence-corrected chi connectivity index (χ3v) is 7.89. The molecular weight excluding hydrogens is 466 g/mol. The van der Waals surface area contributed by atoms with E-state index >= 15 is 0 Å². The van der Waals surface area contributed by atoms with Crippen LogP contribution < -0.4 is 22.5 Å². The molecule has 0 radical (unpaired) electrons. The summed E-state index contributed by atoms with van der Waals surface area (Å²) >= 11 is 0. The lowest BCUT2D eigenvalue weighted by Gasteiger charge is -2.24. The Morgan fingerprint density at radius 3 is 2.17 bits per heavy atom. The number of rotatable bonds is 7. The average Bonchev–Trinajstić information content (AvgIpc) is 3.34. The first kappa shape index (κ1) is 24.5. The zero-order valence-electron chi connectivity index (χ0n) is 19.6. The Morgan fingerprint density at radius 1 is 0.971 bits per heavy atom. The molecule has 4 aromatic rings.